The van der Waals surface area contributed by atoms with Crippen LogP contribution in [0.25, 0.3) is 0 Å². The quantitative estimate of drug-likeness (QED) is 0.920. The summed E-state index contributed by atoms with van der Waals surface area (Å²) >= 11 is 0. The van der Waals surface area contributed by atoms with Gasteiger partial charge >= 0.3 is 0 Å². The summed E-state index contributed by atoms with van der Waals surface area (Å²) in [7, 11) is 0. The maximum Gasteiger partial charge on any atom is 0.213 e. The summed E-state index contributed by atoms with van der Waals surface area (Å²) < 4.78 is 12.3. The fourth-order valence-electron chi connectivity index (χ4n) is 4.86. The van der Waals surface area contributed by atoms with E-state index in [1.165, 1.54) is 12.8 Å². The van der Waals surface area contributed by atoms with Crippen LogP contribution in [0.5, 0.6) is 5.88 Å². The molecule has 2 saturated heterocycles. The van der Waals surface area contributed by atoms with E-state index >= 15 is 0 Å². The van der Waals surface area contributed by atoms with Gasteiger partial charge in [0.15, 0.2) is 0 Å². The van der Waals surface area contributed by atoms with Gasteiger partial charge in [-0.1, -0.05) is 6.07 Å². The number of likely N-dealkylation sites (tertiary alicyclic amines) is 1. The van der Waals surface area contributed by atoms with Crippen molar-refractivity contribution in [2.45, 2.75) is 62.9 Å². The molecule has 3 heterocycles. The molecule has 1 saturated carbocycles. The predicted octanol–water partition coefficient (Wildman–Crippen LogP) is 2.24. The van der Waals surface area contributed by atoms with Crippen LogP contribution in [0.2, 0.25) is 0 Å². The Morgan fingerprint density at radius 1 is 1.29 bits per heavy atom. The Morgan fingerprint density at radius 3 is 2.79 bits per heavy atom. The highest BCUT2D eigenvalue weighted by molar-refractivity contribution is 5.16. The summed E-state index contributed by atoms with van der Waals surface area (Å²) in [5, 5.41) is 11.5. The Morgan fingerprint density at radius 2 is 2.08 bits per heavy atom. The molecule has 0 amide bonds. The summed E-state index contributed by atoms with van der Waals surface area (Å²) in [5.41, 5.74) is -0.994. The number of ether oxygens (including phenoxy) is 2. The molecule has 0 bridgehead atoms. The molecule has 3 aliphatic rings. The van der Waals surface area contributed by atoms with Gasteiger partial charge in [-0.2, -0.15) is 0 Å². The van der Waals surface area contributed by atoms with Gasteiger partial charge in [0.2, 0.25) is 5.88 Å². The maximum absolute atomic E-state index is 11.5. The second-order valence-corrected chi connectivity index (χ2v) is 8.19. The molecule has 0 spiro atoms. The molecular weight excluding hydrogens is 304 g/mol. The number of aliphatic hydroxyl groups is 1. The van der Waals surface area contributed by atoms with Gasteiger partial charge in [0, 0.05) is 12.3 Å². The van der Waals surface area contributed by atoms with Crippen LogP contribution < -0.4 is 4.74 Å². The van der Waals surface area contributed by atoms with Gasteiger partial charge in [-0.25, -0.2) is 4.98 Å². The van der Waals surface area contributed by atoms with Crippen molar-refractivity contribution in [3.8, 4) is 5.88 Å². The van der Waals surface area contributed by atoms with Crippen LogP contribution in [-0.4, -0.2) is 58.0 Å². The molecule has 1 aromatic heterocycles. The van der Waals surface area contributed by atoms with E-state index in [4.69, 9.17) is 9.47 Å². The average molecular weight is 332 g/mol. The summed E-state index contributed by atoms with van der Waals surface area (Å²) in [6.07, 6.45) is 5.84. The van der Waals surface area contributed by atoms with Crippen LogP contribution >= 0.6 is 0 Å². The van der Waals surface area contributed by atoms with Crippen molar-refractivity contribution < 1.29 is 14.6 Å². The van der Waals surface area contributed by atoms with E-state index in [1.54, 1.807) is 6.20 Å². The van der Waals surface area contributed by atoms with Gasteiger partial charge in [0.25, 0.3) is 0 Å². The van der Waals surface area contributed by atoms with Crippen LogP contribution in [-0.2, 0) is 4.74 Å². The van der Waals surface area contributed by atoms with E-state index in [0.29, 0.717) is 12.5 Å². The second kappa shape index (κ2) is 5.97. The molecule has 5 heteroatoms. The molecule has 2 aliphatic heterocycles. The van der Waals surface area contributed by atoms with E-state index in [9.17, 15) is 5.11 Å². The molecule has 1 aliphatic carbocycles. The molecule has 4 rings (SSSR count). The lowest BCUT2D eigenvalue weighted by Gasteiger charge is -2.47. The first-order valence-electron chi connectivity index (χ1n) is 9.16. The Kier molecular flexibility index (Phi) is 4.06. The van der Waals surface area contributed by atoms with Gasteiger partial charge in [-0.05, 0) is 64.6 Å². The molecule has 132 valence electrons. The molecule has 1 aromatic rings. The van der Waals surface area contributed by atoms with Crippen LogP contribution in [0.3, 0.4) is 0 Å². The van der Waals surface area contributed by atoms with Crippen molar-refractivity contribution in [1.82, 2.24) is 9.88 Å². The average Bonchev–Trinajstić information content (AvgIpc) is 3.14. The van der Waals surface area contributed by atoms with Gasteiger partial charge in [0.05, 0.1) is 18.2 Å². The van der Waals surface area contributed by atoms with Crippen molar-refractivity contribution >= 4 is 0 Å². The second-order valence-electron chi connectivity index (χ2n) is 8.19. The van der Waals surface area contributed by atoms with Gasteiger partial charge < -0.3 is 14.6 Å². The van der Waals surface area contributed by atoms with Crippen LogP contribution in [0.15, 0.2) is 24.4 Å². The highest BCUT2D eigenvalue weighted by Gasteiger charge is 2.61. The van der Waals surface area contributed by atoms with Crippen molar-refractivity contribution in [2.24, 2.45) is 5.92 Å². The minimum absolute atomic E-state index is 0.0110. The normalized spacial score (nSPS) is 38.9. The number of hydrogen-bond donors (Lipinski definition) is 1. The zero-order chi connectivity index (χ0) is 16.8. The minimum atomic E-state index is -0.820. The van der Waals surface area contributed by atoms with E-state index in [2.05, 4.69) is 23.7 Å². The molecule has 5 nitrogen and oxygen atoms in total. The molecule has 0 radical (unpaired) electrons. The number of rotatable bonds is 3. The SMILES string of the molecule is CC1(C)C[C@H]2C[C@@H](Oc3ccccn3)[C@H](N3CCCC3)[C@]2(O)CO1. The number of fused-ring (bicyclic) bond motifs is 1. The topological polar surface area (TPSA) is 54.8 Å². The number of aromatic nitrogens is 1. The summed E-state index contributed by atoms with van der Waals surface area (Å²) in [4.78, 5) is 6.73. The zero-order valence-electron chi connectivity index (χ0n) is 14.6. The third-order valence-electron chi connectivity index (χ3n) is 5.96. The molecule has 1 N–H and O–H groups in total. The minimum Gasteiger partial charge on any atom is -0.473 e. The van der Waals surface area contributed by atoms with Crippen LogP contribution in [0, 0.1) is 5.92 Å². The number of pyridine rings is 1. The fourth-order valence-corrected chi connectivity index (χ4v) is 4.86. The van der Waals surface area contributed by atoms with Crippen molar-refractivity contribution in [1.29, 1.82) is 0 Å². The Hall–Kier alpha value is -1.17. The van der Waals surface area contributed by atoms with E-state index in [1.807, 2.05) is 18.2 Å². The summed E-state index contributed by atoms with van der Waals surface area (Å²) in [6, 6.07) is 5.72. The van der Waals surface area contributed by atoms with Gasteiger partial charge in [0.1, 0.15) is 11.7 Å². The summed E-state index contributed by atoms with van der Waals surface area (Å²) in [5.74, 6) is 0.856. The van der Waals surface area contributed by atoms with Crippen LogP contribution in [0.1, 0.15) is 39.5 Å². The number of hydrogen-bond acceptors (Lipinski definition) is 5. The zero-order valence-corrected chi connectivity index (χ0v) is 14.6. The first-order chi connectivity index (χ1) is 11.5. The maximum atomic E-state index is 11.5. The molecule has 3 fully saturated rings. The molecule has 24 heavy (non-hydrogen) atoms. The molecular formula is C19H28N2O3. The fraction of sp³-hybridized carbons (Fsp3) is 0.737. The van der Waals surface area contributed by atoms with E-state index < -0.39 is 5.60 Å². The largest absolute Gasteiger partial charge is 0.473 e. The predicted molar refractivity (Wildman–Crippen MR) is 91.0 cm³/mol. The lowest BCUT2D eigenvalue weighted by molar-refractivity contribution is -0.195. The lowest BCUT2D eigenvalue weighted by Crippen LogP contribution is -2.61. The Balaban J connectivity index is 1.62. The van der Waals surface area contributed by atoms with Crippen molar-refractivity contribution in [3.63, 3.8) is 0 Å². The van der Waals surface area contributed by atoms with Gasteiger partial charge in [-0.15, -0.1) is 0 Å². The standard InChI is InChI=1S/C19H28N2O3/c1-18(2)12-14-11-15(24-16-7-3-4-8-20-16)17(19(14,22)13-23-18)21-9-5-6-10-21/h3-4,7-8,14-15,17,22H,5-6,9-13H2,1-2H3/t14-,15-,17+,19+/m1/s1. The molecule has 0 aromatic carbocycles. The molecule has 0 unspecified atom stereocenters. The highest BCUT2D eigenvalue weighted by atomic mass is 16.5. The van der Waals surface area contributed by atoms with Crippen molar-refractivity contribution in [3.05, 3.63) is 24.4 Å². The van der Waals surface area contributed by atoms with E-state index in [-0.39, 0.29) is 23.7 Å². The first-order valence-corrected chi connectivity index (χ1v) is 9.16. The smallest absolute Gasteiger partial charge is 0.213 e. The third-order valence-corrected chi connectivity index (χ3v) is 5.96. The molecule has 4 atom stereocenters. The first kappa shape index (κ1) is 16.3. The highest BCUT2D eigenvalue weighted by Crippen LogP contribution is 2.49. The van der Waals surface area contributed by atoms with Crippen molar-refractivity contribution in [2.75, 3.05) is 19.7 Å². The lowest BCUT2D eigenvalue weighted by atomic mass is 9.78. The third kappa shape index (κ3) is 2.83. The van der Waals surface area contributed by atoms with Crippen LogP contribution in [0.4, 0.5) is 0 Å². The summed E-state index contributed by atoms with van der Waals surface area (Å²) in [6.45, 7) is 6.69. The Labute approximate surface area is 144 Å². The monoisotopic (exact) mass is 332 g/mol. The Bertz CT molecular complexity index is 573. The van der Waals surface area contributed by atoms with Gasteiger partial charge in [-0.3, -0.25) is 4.90 Å². The van der Waals surface area contributed by atoms with E-state index in [0.717, 1.165) is 25.9 Å². The number of nitrogens with zero attached hydrogens (tertiary/aromatic N) is 2.